The molecule has 0 aliphatic rings. The number of halogens is 4. The number of anilines is 2. The highest BCUT2D eigenvalue weighted by atomic mass is 79.9. The van der Waals surface area contributed by atoms with E-state index in [-0.39, 0.29) is 24.4 Å². The van der Waals surface area contributed by atoms with Gasteiger partial charge in [0, 0.05) is 22.8 Å². The van der Waals surface area contributed by atoms with E-state index >= 15 is 0 Å². The molecule has 2 rings (SSSR count). The number of amides is 3. The smallest absolute Gasteiger partial charge is 0.406 e. The number of carbonyl (C=O) groups is 2. The van der Waals surface area contributed by atoms with Gasteiger partial charge in [0.05, 0.1) is 17.9 Å². The van der Waals surface area contributed by atoms with Gasteiger partial charge in [-0.1, -0.05) is 22.0 Å². The minimum Gasteiger partial charge on any atom is -0.406 e. The Morgan fingerprint density at radius 3 is 2.50 bits per heavy atom. The monoisotopic (exact) mass is 461 g/mol. The van der Waals surface area contributed by atoms with Gasteiger partial charge >= 0.3 is 12.4 Å². The summed E-state index contributed by atoms with van der Waals surface area (Å²) in [6, 6.07) is 8.73. The zero-order valence-corrected chi connectivity index (χ0v) is 15.7. The Labute approximate surface area is 166 Å². The van der Waals surface area contributed by atoms with Crippen LogP contribution in [0, 0.1) is 0 Å². The Bertz CT molecular complexity index is 862. The molecule has 0 aliphatic carbocycles. The lowest BCUT2D eigenvalue weighted by Crippen LogP contribution is -2.28. The molecular weight excluding hydrogens is 447 g/mol. The van der Waals surface area contributed by atoms with Crippen molar-refractivity contribution >= 4 is 39.2 Å². The van der Waals surface area contributed by atoms with Crippen LogP contribution in [0.15, 0.2) is 46.9 Å². The maximum Gasteiger partial charge on any atom is 0.573 e. The van der Waals surface area contributed by atoms with E-state index in [1.807, 2.05) is 0 Å². The molecule has 0 spiro atoms. The van der Waals surface area contributed by atoms with Gasteiger partial charge in [-0.25, -0.2) is 4.79 Å². The van der Waals surface area contributed by atoms with Gasteiger partial charge in [0.25, 0.3) is 5.91 Å². The van der Waals surface area contributed by atoms with Crippen molar-refractivity contribution in [2.45, 2.75) is 6.36 Å². The summed E-state index contributed by atoms with van der Waals surface area (Å²) in [6.45, 7) is -0.392. The van der Waals surface area contributed by atoms with Crippen LogP contribution in [-0.2, 0) is 0 Å². The van der Waals surface area contributed by atoms with Gasteiger partial charge in [0.1, 0.15) is 5.75 Å². The number of urea groups is 1. The molecule has 2 aromatic rings. The summed E-state index contributed by atoms with van der Waals surface area (Å²) >= 11 is 3.24. The van der Waals surface area contributed by atoms with Gasteiger partial charge in [-0.2, -0.15) is 0 Å². The fourth-order valence-electron chi connectivity index (χ4n) is 2.14. The van der Waals surface area contributed by atoms with Crippen LogP contribution in [0.3, 0.4) is 0 Å². The van der Waals surface area contributed by atoms with Gasteiger partial charge < -0.3 is 25.8 Å². The number of rotatable bonds is 6. The average Bonchev–Trinajstić information content (AvgIpc) is 2.58. The van der Waals surface area contributed by atoms with Gasteiger partial charge in [0.2, 0.25) is 0 Å². The summed E-state index contributed by atoms with van der Waals surface area (Å²) in [5.74, 6) is -1.30. The van der Waals surface area contributed by atoms with Gasteiger partial charge in [-0.3, -0.25) is 4.79 Å². The molecule has 0 atom stereocenters. The van der Waals surface area contributed by atoms with Crippen molar-refractivity contribution in [3.05, 3.63) is 52.5 Å². The van der Waals surface area contributed by atoms with Gasteiger partial charge in [0.15, 0.2) is 0 Å². The molecule has 0 radical (unpaired) electrons. The van der Waals surface area contributed by atoms with E-state index in [1.54, 1.807) is 24.3 Å². The first-order valence-electron chi connectivity index (χ1n) is 7.80. The largest absolute Gasteiger partial charge is 0.573 e. The molecule has 0 fully saturated rings. The molecule has 7 nitrogen and oxygen atoms in total. The zero-order valence-electron chi connectivity index (χ0n) is 14.1. The standard InChI is InChI=1S/C17H15BrF3N3O4/c18-10-2-1-3-11(8-10)23-16(27)24-14-9-12(28-17(19,20)21)4-5-13(14)15(26)22-6-7-25/h1-5,8-9,25H,6-7H2,(H,22,26)(H2,23,24,27). The minimum atomic E-state index is -4.93. The third kappa shape index (κ3) is 6.74. The summed E-state index contributed by atoms with van der Waals surface area (Å²) in [7, 11) is 0. The second-order valence-electron chi connectivity index (χ2n) is 5.32. The van der Waals surface area contributed by atoms with E-state index in [0.717, 1.165) is 18.2 Å². The highest BCUT2D eigenvalue weighted by Gasteiger charge is 2.31. The Hall–Kier alpha value is -2.79. The van der Waals surface area contributed by atoms with Crippen molar-refractivity contribution < 1.29 is 32.6 Å². The van der Waals surface area contributed by atoms with Crippen LogP contribution in [0.4, 0.5) is 29.3 Å². The molecule has 3 amide bonds. The minimum absolute atomic E-state index is 0.0662. The lowest BCUT2D eigenvalue weighted by molar-refractivity contribution is -0.274. The molecule has 0 saturated carbocycles. The molecule has 0 unspecified atom stereocenters. The Kier molecular flexibility index (Phi) is 7.24. The van der Waals surface area contributed by atoms with E-state index in [4.69, 9.17) is 5.11 Å². The highest BCUT2D eigenvalue weighted by molar-refractivity contribution is 9.10. The number of nitrogens with one attached hydrogen (secondary N) is 3. The predicted octanol–water partition coefficient (Wildman–Crippen LogP) is 3.71. The molecule has 28 heavy (non-hydrogen) atoms. The number of hydrogen-bond acceptors (Lipinski definition) is 4. The molecule has 0 aromatic heterocycles. The van der Waals surface area contributed by atoms with Crippen LogP contribution in [0.5, 0.6) is 5.75 Å². The quantitative estimate of drug-likeness (QED) is 0.526. The Morgan fingerprint density at radius 2 is 1.86 bits per heavy atom. The topological polar surface area (TPSA) is 99.7 Å². The van der Waals surface area contributed by atoms with Crippen LogP contribution in [-0.4, -0.2) is 36.6 Å². The number of aliphatic hydroxyl groups is 1. The summed E-state index contributed by atoms with van der Waals surface area (Å²) < 4.78 is 41.9. The first-order chi connectivity index (χ1) is 13.2. The van der Waals surface area contributed by atoms with Crippen molar-refractivity contribution in [1.82, 2.24) is 5.32 Å². The fourth-order valence-corrected chi connectivity index (χ4v) is 2.54. The van der Waals surface area contributed by atoms with Crippen LogP contribution in [0.1, 0.15) is 10.4 Å². The maximum absolute atomic E-state index is 12.5. The van der Waals surface area contributed by atoms with Crippen LogP contribution in [0.2, 0.25) is 0 Å². The Morgan fingerprint density at radius 1 is 1.11 bits per heavy atom. The summed E-state index contributed by atoms with van der Waals surface area (Å²) in [6.07, 6.45) is -4.93. The van der Waals surface area contributed by atoms with E-state index < -0.39 is 24.1 Å². The molecule has 11 heteroatoms. The zero-order chi connectivity index (χ0) is 20.7. The molecule has 4 N–H and O–H groups in total. The molecular formula is C17H15BrF3N3O4. The lowest BCUT2D eigenvalue weighted by atomic mass is 10.1. The van der Waals surface area contributed by atoms with E-state index in [1.165, 1.54) is 0 Å². The van der Waals surface area contributed by atoms with Crippen molar-refractivity contribution in [2.75, 3.05) is 23.8 Å². The lowest BCUT2D eigenvalue weighted by Gasteiger charge is -2.15. The summed E-state index contributed by atoms with van der Waals surface area (Å²) in [5.41, 5.74) is 0.109. The second-order valence-corrected chi connectivity index (χ2v) is 6.24. The molecule has 2 aromatic carbocycles. The maximum atomic E-state index is 12.5. The van der Waals surface area contributed by atoms with E-state index in [2.05, 4.69) is 36.6 Å². The molecule has 150 valence electrons. The third-order valence-corrected chi connectivity index (χ3v) is 3.69. The third-order valence-electron chi connectivity index (χ3n) is 3.20. The van der Waals surface area contributed by atoms with Crippen LogP contribution in [0.25, 0.3) is 0 Å². The molecule has 0 bridgehead atoms. The fraction of sp³-hybridized carbons (Fsp3) is 0.176. The highest BCUT2D eigenvalue weighted by Crippen LogP contribution is 2.28. The summed E-state index contributed by atoms with van der Waals surface area (Å²) in [5, 5.41) is 16.0. The average molecular weight is 462 g/mol. The first kappa shape index (κ1) is 21.5. The number of carbonyl (C=O) groups excluding carboxylic acids is 2. The van der Waals surface area contributed by atoms with E-state index in [0.29, 0.717) is 10.2 Å². The normalized spacial score (nSPS) is 10.9. The summed E-state index contributed by atoms with van der Waals surface area (Å²) in [4.78, 5) is 24.3. The predicted molar refractivity (Wildman–Crippen MR) is 99.3 cm³/mol. The number of aliphatic hydroxyl groups excluding tert-OH is 1. The van der Waals surface area contributed by atoms with E-state index in [9.17, 15) is 22.8 Å². The van der Waals surface area contributed by atoms with Crippen molar-refractivity contribution in [1.29, 1.82) is 0 Å². The van der Waals surface area contributed by atoms with Gasteiger partial charge in [-0.15, -0.1) is 13.2 Å². The number of benzene rings is 2. The SMILES string of the molecule is O=C(Nc1cccc(Br)c1)Nc1cc(OC(F)(F)F)ccc1C(=O)NCCO. The molecule has 0 saturated heterocycles. The van der Waals surface area contributed by atoms with Crippen molar-refractivity contribution in [3.8, 4) is 5.75 Å². The number of hydrogen-bond donors (Lipinski definition) is 4. The van der Waals surface area contributed by atoms with Crippen molar-refractivity contribution in [2.24, 2.45) is 0 Å². The number of ether oxygens (including phenoxy) is 1. The molecule has 0 aliphatic heterocycles. The Balaban J connectivity index is 2.25. The van der Waals surface area contributed by atoms with Crippen molar-refractivity contribution in [3.63, 3.8) is 0 Å². The first-order valence-corrected chi connectivity index (χ1v) is 8.59. The van der Waals surface area contributed by atoms with Crippen LogP contribution < -0.4 is 20.7 Å². The number of alkyl halides is 3. The van der Waals surface area contributed by atoms with Gasteiger partial charge in [-0.05, 0) is 30.3 Å². The second kappa shape index (κ2) is 9.42. The molecule has 0 heterocycles. The van der Waals surface area contributed by atoms with Crippen LogP contribution >= 0.6 is 15.9 Å².